The van der Waals surface area contributed by atoms with Crippen molar-refractivity contribution in [1.29, 1.82) is 0 Å². The summed E-state index contributed by atoms with van der Waals surface area (Å²) in [4.78, 5) is 23.7. The highest BCUT2D eigenvalue weighted by Crippen LogP contribution is 2.06. The lowest BCUT2D eigenvalue weighted by Crippen LogP contribution is -2.50. The minimum absolute atomic E-state index is 0.178. The van der Waals surface area contributed by atoms with E-state index in [0.717, 1.165) is 6.42 Å². The van der Waals surface area contributed by atoms with Gasteiger partial charge in [0, 0.05) is 6.54 Å². The first-order chi connectivity index (χ1) is 7.15. The number of hydrogen-bond donors (Lipinski definition) is 1. The molecule has 1 heterocycles. The first-order valence-electron chi connectivity index (χ1n) is 4.97. The summed E-state index contributed by atoms with van der Waals surface area (Å²) in [5.41, 5.74) is 5.11. The zero-order valence-corrected chi connectivity index (χ0v) is 8.77. The number of morpholine rings is 1. The van der Waals surface area contributed by atoms with Crippen molar-refractivity contribution in [1.82, 2.24) is 4.90 Å². The van der Waals surface area contributed by atoms with Gasteiger partial charge in [0.1, 0.15) is 0 Å². The van der Waals surface area contributed by atoms with Gasteiger partial charge in [-0.3, -0.25) is 0 Å². The van der Waals surface area contributed by atoms with Crippen LogP contribution in [0.5, 0.6) is 0 Å². The van der Waals surface area contributed by atoms with Crippen LogP contribution in [0.3, 0.4) is 0 Å². The molecule has 1 atom stereocenters. The van der Waals surface area contributed by atoms with Crippen LogP contribution in [-0.4, -0.2) is 49.3 Å². The van der Waals surface area contributed by atoms with Gasteiger partial charge in [-0.2, -0.15) is 0 Å². The van der Waals surface area contributed by atoms with Gasteiger partial charge in [-0.1, -0.05) is 6.92 Å². The molecule has 0 aliphatic carbocycles. The molecule has 0 radical (unpaired) electrons. The number of ether oxygens (including phenoxy) is 2. The smallest absolute Gasteiger partial charge is 0.337 e. The predicted octanol–water partition coefficient (Wildman–Crippen LogP) is -0.281. The third-order valence-electron chi connectivity index (χ3n) is 2.09. The number of urea groups is 1. The third-order valence-corrected chi connectivity index (χ3v) is 2.09. The van der Waals surface area contributed by atoms with Crippen LogP contribution in [0, 0.1) is 0 Å². The second-order valence-corrected chi connectivity index (χ2v) is 3.31. The fourth-order valence-corrected chi connectivity index (χ4v) is 1.29. The second kappa shape index (κ2) is 5.55. The summed E-state index contributed by atoms with van der Waals surface area (Å²) >= 11 is 0. The van der Waals surface area contributed by atoms with Crippen molar-refractivity contribution in [2.45, 2.75) is 19.4 Å². The SMILES string of the molecule is CCCOC(=O)C1CN(C(N)=O)CCO1. The quantitative estimate of drug-likeness (QED) is 0.658. The maximum absolute atomic E-state index is 11.4. The Bertz CT molecular complexity index is 244. The first-order valence-corrected chi connectivity index (χ1v) is 4.97. The lowest BCUT2D eigenvalue weighted by atomic mass is 10.3. The summed E-state index contributed by atoms with van der Waals surface area (Å²) in [6, 6.07) is -0.536. The molecule has 1 fully saturated rings. The van der Waals surface area contributed by atoms with Crippen LogP contribution in [0.4, 0.5) is 4.79 Å². The number of nitrogens with zero attached hydrogens (tertiary/aromatic N) is 1. The van der Waals surface area contributed by atoms with E-state index in [9.17, 15) is 9.59 Å². The molecule has 1 aliphatic rings. The molecular formula is C9H16N2O4. The number of amides is 2. The van der Waals surface area contributed by atoms with Gasteiger partial charge in [0.25, 0.3) is 0 Å². The fraction of sp³-hybridized carbons (Fsp3) is 0.778. The molecule has 0 aromatic carbocycles. The summed E-state index contributed by atoms with van der Waals surface area (Å²) < 4.78 is 10.1. The topological polar surface area (TPSA) is 81.9 Å². The third kappa shape index (κ3) is 3.39. The summed E-state index contributed by atoms with van der Waals surface area (Å²) in [5.74, 6) is -0.428. The molecular weight excluding hydrogens is 200 g/mol. The van der Waals surface area contributed by atoms with E-state index in [1.807, 2.05) is 6.92 Å². The van der Waals surface area contributed by atoms with Crippen molar-refractivity contribution < 1.29 is 19.1 Å². The van der Waals surface area contributed by atoms with E-state index >= 15 is 0 Å². The second-order valence-electron chi connectivity index (χ2n) is 3.31. The molecule has 0 spiro atoms. The zero-order chi connectivity index (χ0) is 11.3. The Balaban J connectivity index is 2.41. The van der Waals surface area contributed by atoms with Gasteiger partial charge in [0.15, 0.2) is 6.10 Å². The number of rotatable bonds is 3. The molecule has 15 heavy (non-hydrogen) atoms. The van der Waals surface area contributed by atoms with Gasteiger partial charge in [0.2, 0.25) is 0 Å². The molecule has 6 nitrogen and oxygen atoms in total. The van der Waals surface area contributed by atoms with Crippen LogP contribution >= 0.6 is 0 Å². The van der Waals surface area contributed by atoms with Crippen molar-refractivity contribution in [3.05, 3.63) is 0 Å². The Hall–Kier alpha value is -1.30. The average Bonchev–Trinajstić information content (AvgIpc) is 2.26. The Morgan fingerprint density at radius 1 is 1.60 bits per heavy atom. The largest absolute Gasteiger partial charge is 0.464 e. The molecule has 0 saturated carbocycles. The maximum atomic E-state index is 11.4. The molecule has 1 rings (SSSR count). The van der Waals surface area contributed by atoms with E-state index in [4.69, 9.17) is 15.2 Å². The molecule has 86 valence electrons. The summed E-state index contributed by atoms with van der Waals surface area (Å²) in [7, 11) is 0. The van der Waals surface area contributed by atoms with Crippen molar-refractivity contribution >= 4 is 12.0 Å². The summed E-state index contributed by atoms with van der Waals surface area (Å²) in [5, 5.41) is 0. The Kier molecular flexibility index (Phi) is 4.36. The number of carbonyl (C=O) groups is 2. The van der Waals surface area contributed by atoms with Crippen molar-refractivity contribution in [2.24, 2.45) is 5.73 Å². The van der Waals surface area contributed by atoms with Gasteiger partial charge in [-0.25, -0.2) is 9.59 Å². The molecule has 1 unspecified atom stereocenters. The summed E-state index contributed by atoms with van der Waals surface area (Å²) in [6.45, 7) is 3.19. The van der Waals surface area contributed by atoms with E-state index < -0.39 is 18.1 Å². The van der Waals surface area contributed by atoms with Gasteiger partial charge < -0.3 is 20.1 Å². The van der Waals surface area contributed by atoms with E-state index in [1.54, 1.807) is 0 Å². The number of primary amides is 1. The standard InChI is InChI=1S/C9H16N2O4/c1-2-4-15-8(12)7-6-11(9(10)13)3-5-14-7/h7H,2-6H2,1H3,(H2,10,13). The molecule has 1 saturated heterocycles. The lowest BCUT2D eigenvalue weighted by Gasteiger charge is -2.30. The van der Waals surface area contributed by atoms with Crippen molar-refractivity contribution in [3.8, 4) is 0 Å². The number of esters is 1. The zero-order valence-electron chi connectivity index (χ0n) is 8.77. The van der Waals surface area contributed by atoms with Crippen LogP contribution in [0.15, 0.2) is 0 Å². The van der Waals surface area contributed by atoms with Gasteiger partial charge in [-0.15, -0.1) is 0 Å². The molecule has 1 aliphatic heterocycles. The van der Waals surface area contributed by atoms with Gasteiger partial charge >= 0.3 is 12.0 Å². The molecule has 2 N–H and O–H groups in total. The minimum Gasteiger partial charge on any atom is -0.464 e. The Labute approximate surface area is 88.3 Å². The highest BCUT2D eigenvalue weighted by Gasteiger charge is 2.29. The molecule has 6 heteroatoms. The van der Waals surface area contributed by atoms with Crippen LogP contribution in [-0.2, 0) is 14.3 Å². The lowest BCUT2D eigenvalue weighted by molar-refractivity contribution is -0.161. The molecule has 0 bridgehead atoms. The van der Waals surface area contributed by atoms with Crippen LogP contribution in [0.2, 0.25) is 0 Å². The van der Waals surface area contributed by atoms with Crippen molar-refractivity contribution in [3.63, 3.8) is 0 Å². The molecule has 0 aromatic rings. The van der Waals surface area contributed by atoms with Crippen LogP contribution in [0.25, 0.3) is 0 Å². The van der Waals surface area contributed by atoms with Crippen LogP contribution in [0.1, 0.15) is 13.3 Å². The highest BCUT2D eigenvalue weighted by molar-refractivity contribution is 5.77. The molecule has 0 aromatic heterocycles. The predicted molar refractivity (Wildman–Crippen MR) is 52.1 cm³/mol. The Morgan fingerprint density at radius 2 is 2.33 bits per heavy atom. The average molecular weight is 216 g/mol. The van der Waals surface area contributed by atoms with E-state index in [2.05, 4.69) is 0 Å². The van der Waals surface area contributed by atoms with E-state index in [0.29, 0.717) is 19.8 Å². The monoisotopic (exact) mass is 216 g/mol. The fourth-order valence-electron chi connectivity index (χ4n) is 1.29. The van der Waals surface area contributed by atoms with Gasteiger partial charge in [-0.05, 0) is 6.42 Å². The number of carbonyl (C=O) groups excluding carboxylic acids is 2. The molecule has 2 amide bonds. The maximum Gasteiger partial charge on any atom is 0.337 e. The van der Waals surface area contributed by atoms with E-state index in [1.165, 1.54) is 4.90 Å². The highest BCUT2D eigenvalue weighted by atomic mass is 16.6. The van der Waals surface area contributed by atoms with Crippen LogP contribution < -0.4 is 5.73 Å². The Morgan fingerprint density at radius 3 is 2.93 bits per heavy atom. The first kappa shape index (κ1) is 11.8. The normalized spacial score (nSPS) is 21.1. The number of nitrogens with two attached hydrogens (primary N) is 1. The van der Waals surface area contributed by atoms with Crippen molar-refractivity contribution in [2.75, 3.05) is 26.3 Å². The van der Waals surface area contributed by atoms with Gasteiger partial charge in [0.05, 0.1) is 19.8 Å². The number of hydrogen-bond acceptors (Lipinski definition) is 4. The van der Waals surface area contributed by atoms with E-state index in [-0.39, 0.29) is 6.54 Å². The minimum atomic E-state index is -0.696. The summed E-state index contributed by atoms with van der Waals surface area (Å²) in [6.07, 6.45) is 0.0654.